The molecule has 0 saturated heterocycles. The Morgan fingerprint density at radius 2 is 2.13 bits per heavy atom. The molecule has 0 aromatic heterocycles. The average Bonchev–Trinajstić information content (AvgIpc) is 2.26. The second-order valence-corrected chi connectivity index (χ2v) is 3.48. The molecule has 0 aliphatic rings. The van der Waals surface area contributed by atoms with Gasteiger partial charge in [0.05, 0.1) is 12.7 Å². The van der Waals surface area contributed by atoms with Gasteiger partial charge >= 0.3 is 0 Å². The Balaban J connectivity index is 2.23. The SMILES string of the molecule is CCC(O)CCCOc1ccccc1F. The highest BCUT2D eigenvalue weighted by molar-refractivity contribution is 5.23. The van der Waals surface area contributed by atoms with E-state index in [9.17, 15) is 9.50 Å². The molecule has 0 amide bonds. The molecule has 0 aliphatic carbocycles. The summed E-state index contributed by atoms with van der Waals surface area (Å²) in [5.74, 6) is -0.0583. The molecule has 0 spiro atoms. The van der Waals surface area contributed by atoms with E-state index in [2.05, 4.69) is 0 Å². The fourth-order valence-electron chi connectivity index (χ4n) is 1.27. The molecular weight excluding hydrogens is 195 g/mol. The Bertz CT molecular complexity index is 289. The van der Waals surface area contributed by atoms with Gasteiger partial charge in [-0.05, 0) is 31.4 Å². The van der Waals surface area contributed by atoms with Crippen molar-refractivity contribution in [2.24, 2.45) is 0 Å². The first kappa shape index (κ1) is 12.0. The molecule has 0 bridgehead atoms. The Kier molecular flexibility index (Phi) is 5.12. The van der Waals surface area contributed by atoms with Gasteiger partial charge in [-0.2, -0.15) is 0 Å². The summed E-state index contributed by atoms with van der Waals surface area (Å²) in [6.45, 7) is 2.38. The number of rotatable bonds is 6. The van der Waals surface area contributed by atoms with Crippen molar-refractivity contribution in [1.29, 1.82) is 0 Å². The molecule has 1 aromatic carbocycles. The zero-order valence-electron chi connectivity index (χ0n) is 8.95. The van der Waals surface area contributed by atoms with E-state index in [1.807, 2.05) is 6.92 Å². The smallest absolute Gasteiger partial charge is 0.165 e. The van der Waals surface area contributed by atoms with Gasteiger partial charge in [-0.1, -0.05) is 19.1 Å². The fraction of sp³-hybridized carbons (Fsp3) is 0.500. The molecule has 0 heterocycles. The van der Waals surface area contributed by atoms with Gasteiger partial charge in [0.15, 0.2) is 11.6 Å². The zero-order valence-corrected chi connectivity index (χ0v) is 8.95. The number of para-hydroxylation sites is 1. The maximum Gasteiger partial charge on any atom is 0.165 e. The molecule has 0 saturated carbocycles. The van der Waals surface area contributed by atoms with Gasteiger partial charge in [0.25, 0.3) is 0 Å². The lowest BCUT2D eigenvalue weighted by molar-refractivity contribution is 0.148. The number of halogens is 1. The van der Waals surface area contributed by atoms with Crippen LogP contribution in [-0.2, 0) is 0 Å². The van der Waals surface area contributed by atoms with Gasteiger partial charge < -0.3 is 9.84 Å². The van der Waals surface area contributed by atoms with Crippen LogP contribution in [0.15, 0.2) is 24.3 Å². The van der Waals surface area contributed by atoms with Gasteiger partial charge in [0, 0.05) is 0 Å². The van der Waals surface area contributed by atoms with Crippen molar-refractivity contribution in [2.45, 2.75) is 32.3 Å². The lowest BCUT2D eigenvalue weighted by Crippen LogP contribution is -2.07. The van der Waals surface area contributed by atoms with Gasteiger partial charge in [-0.25, -0.2) is 4.39 Å². The monoisotopic (exact) mass is 212 g/mol. The predicted molar refractivity (Wildman–Crippen MR) is 57.4 cm³/mol. The summed E-state index contributed by atoms with van der Waals surface area (Å²) in [5.41, 5.74) is 0. The molecule has 15 heavy (non-hydrogen) atoms. The largest absolute Gasteiger partial charge is 0.491 e. The number of benzene rings is 1. The summed E-state index contributed by atoms with van der Waals surface area (Å²) < 4.78 is 18.3. The highest BCUT2D eigenvalue weighted by Gasteiger charge is 2.03. The molecule has 0 aliphatic heterocycles. The molecule has 1 rings (SSSR count). The van der Waals surface area contributed by atoms with E-state index in [1.54, 1.807) is 18.2 Å². The van der Waals surface area contributed by atoms with Crippen LogP contribution in [-0.4, -0.2) is 17.8 Å². The molecule has 1 aromatic rings. The molecule has 0 radical (unpaired) electrons. The minimum Gasteiger partial charge on any atom is -0.491 e. The van der Waals surface area contributed by atoms with Crippen LogP contribution in [0, 0.1) is 5.82 Å². The Labute approximate surface area is 89.7 Å². The maximum atomic E-state index is 13.1. The first-order valence-electron chi connectivity index (χ1n) is 5.29. The van der Waals surface area contributed by atoms with Gasteiger partial charge in [-0.15, -0.1) is 0 Å². The van der Waals surface area contributed by atoms with Crippen LogP contribution in [0.25, 0.3) is 0 Å². The van der Waals surface area contributed by atoms with E-state index >= 15 is 0 Å². The minimum absolute atomic E-state index is 0.269. The van der Waals surface area contributed by atoms with E-state index in [0.29, 0.717) is 13.0 Å². The van der Waals surface area contributed by atoms with E-state index in [1.165, 1.54) is 6.07 Å². The van der Waals surface area contributed by atoms with E-state index < -0.39 is 0 Å². The van der Waals surface area contributed by atoms with Gasteiger partial charge in [0.1, 0.15) is 0 Å². The zero-order chi connectivity index (χ0) is 11.1. The fourth-order valence-corrected chi connectivity index (χ4v) is 1.27. The average molecular weight is 212 g/mol. The molecule has 1 unspecified atom stereocenters. The summed E-state index contributed by atoms with van der Waals surface area (Å²) in [7, 11) is 0. The van der Waals surface area contributed by atoms with Crippen LogP contribution in [0.2, 0.25) is 0 Å². The number of ether oxygens (including phenoxy) is 1. The van der Waals surface area contributed by atoms with Crippen molar-refractivity contribution in [3.05, 3.63) is 30.1 Å². The molecule has 84 valence electrons. The minimum atomic E-state index is -0.339. The lowest BCUT2D eigenvalue weighted by Gasteiger charge is -2.09. The van der Waals surface area contributed by atoms with Crippen LogP contribution >= 0.6 is 0 Å². The summed E-state index contributed by atoms with van der Waals surface area (Å²) >= 11 is 0. The summed E-state index contributed by atoms with van der Waals surface area (Å²) in [4.78, 5) is 0. The van der Waals surface area contributed by atoms with Crippen molar-refractivity contribution in [3.63, 3.8) is 0 Å². The number of hydrogen-bond acceptors (Lipinski definition) is 2. The summed E-state index contributed by atoms with van der Waals surface area (Å²) in [6.07, 6.45) is 1.92. The second kappa shape index (κ2) is 6.40. The molecule has 0 fully saturated rings. The molecule has 1 N–H and O–H groups in total. The first-order valence-corrected chi connectivity index (χ1v) is 5.29. The van der Waals surface area contributed by atoms with Crippen LogP contribution in [0.4, 0.5) is 4.39 Å². The van der Waals surface area contributed by atoms with Crippen molar-refractivity contribution < 1.29 is 14.2 Å². The first-order chi connectivity index (χ1) is 7.24. The van der Waals surface area contributed by atoms with E-state index in [0.717, 1.165) is 12.8 Å². The van der Waals surface area contributed by atoms with Crippen molar-refractivity contribution in [3.8, 4) is 5.75 Å². The number of aliphatic hydroxyl groups is 1. The molecule has 2 nitrogen and oxygen atoms in total. The van der Waals surface area contributed by atoms with Crippen LogP contribution in [0.1, 0.15) is 26.2 Å². The highest BCUT2D eigenvalue weighted by Crippen LogP contribution is 2.15. The van der Waals surface area contributed by atoms with Gasteiger partial charge in [0.2, 0.25) is 0 Å². The van der Waals surface area contributed by atoms with E-state index in [-0.39, 0.29) is 17.7 Å². The summed E-state index contributed by atoms with van der Waals surface area (Å²) in [6, 6.07) is 6.34. The van der Waals surface area contributed by atoms with Crippen molar-refractivity contribution in [2.75, 3.05) is 6.61 Å². The predicted octanol–water partition coefficient (Wildman–Crippen LogP) is 2.76. The van der Waals surface area contributed by atoms with E-state index in [4.69, 9.17) is 4.74 Å². The van der Waals surface area contributed by atoms with Crippen molar-refractivity contribution in [1.82, 2.24) is 0 Å². The lowest BCUT2D eigenvalue weighted by atomic mass is 10.1. The Morgan fingerprint density at radius 3 is 2.80 bits per heavy atom. The summed E-state index contributed by atoms with van der Waals surface area (Å²) in [5, 5.41) is 9.28. The van der Waals surface area contributed by atoms with Crippen LogP contribution in [0.3, 0.4) is 0 Å². The molecule has 1 atom stereocenters. The topological polar surface area (TPSA) is 29.5 Å². The normalized spacial score (nSPS) is 12.5. The standard InChI is InChI=1S/C12H17FO2/c1-2-10(14)6-5-9-15-12-8-4-3-7-11(12)13/h3-4,7-8,10,14H,2,5-6,9H2,1H3. The molecular formula is C12H17FO2. The van der Waals surface area contributed by atoms with Crippen LogP contribution < -0.4 is 4.74 Å². The Morgan fingerprint density at radius 1 is 1.40 bits per heavy atom. The molecule has 3 heteroatoms. The third kappa shape index (κ3) is 4.30. The maximum absolute atomic E-state index is 13.1. The third-order valence-corrected chi connectivity index (χ3v) is 2.25. The quantitative estimate of drug-likeness (QED) is 0.735. The number of hydrogen-bond donors (Lipinski definition) is 1. The van der Waals surface area contributed by atoms with Gasteiger partial charge in [-0.3, -0.25) is 0 Å². The second-order valence-electron chi connectivity index (χ2n) is 3.48. The van der Waals surface area contributed by atoms with Crippen molar-refractivity contribution >= 4 is 0 Å². The highest BCUT2D eigenvalue weighted by atomic mass is 19.1. The Hall–Kier alpha value is -1.09. The third-order valence-electron chi connectivity index (χ3n) is 2.25. The van der Waals surface area contributed by atoms with Crippen LogP contribution in [0.5, 0.6) is 5.75 Å². The number of aliphatic hydroxyl groups excluding tert-OH is 1.